The first-order chi connectivity index (χ1) is 12.0. The monoisotopic (exact) mass is 374 g/mol. The van der Waals surface area contributed by atoms with Gasteiger partial charge in [-0.1, -0.05) is 23.7 Å². The van der Waals surface area contributed by atoms with E-state index in [-0.39, 0.29) is 5.78 Å². The largest absolute Gasteiger partial charge is 0.444 e. The maximum atomic E-state index is 12.9. The molecule has 1 N–H and O–H groups in total. The van der Waals surface area contributed by atoms with Gasteiger partial charge in [-0.2, -0.15) is 0 Å². The summed E-state index contributed by atoms with van der Waals surface area (Å²) in [6, 6.07) is 10.4. The lowest BCUT2D eigenvalue weighted by Gasteiger charge is -2.23. The molecule has 2 aromatic rings. The molecule has 138 valence electrons. The molecule has 0 aliphatic rings. The van der Waals surface area contributed by atoms with Crippen LogP contribution in [0.3, 0.4) is 0 Å². The fourth-order valence-corrected chi connectivity index (χ4v) is 2.47. The van der Waals surface area contributed by atoms with Crippen molar-refractivity contribution >= 4 is 29.2 Å². The van der Waals surface area contributed by atoms with Gasteiger partial charge in [0.2, 0.25) is 0 Å². The van der Waals surface area contributed by atoms with Crippen molar-refractivity contribution in [2.24, 2.45) is 0 Å². The third-order valence-corrected chi connectivity index (χ3v) is 4.03. The Kier molecular flexibility index (Phi) is 5.71. The third-order valence-electron chi connectivity index (χ3n) is 3.77. The second kappa shape index (κ2) is 7.46. The Morgan fingerprint density at radius 3 is 2.12 bits per heavy atom. The van der Waals surface area contributed by atoms with Gasteiger partial charge in [0.25, 0.3) is 0 Å². The molecule has 2 rings (SSSR count). The molecule has 0 aliphatic carbocycles. The molecule has 0 unspecified atom stereocenters. The average Bonchev–Trinajstić information content (AvgIpc) is 2.53. The van der Waals surface area contributed by atoms with Gasteiger partial charge in [0.15, 0.2) is 5.78 Å². The zero-order valence-corrected chi connectivity index (χ0v) is 16.3. The number of Topliss-reactive ketones (excluding diaryl/α,β-unsaturated/α-hetero) is 1. The van der Waals surface area contributed by atoms with Gasteiger partial charge in [-0.05, 0) is 64.4 Å². The first kappa shape index (κ1) is 19.9. The molecular weight excluding hydrogens is 352 g/mol. The number of carbonyl (C=O) groups is 2. The van der Waals surface area contributed by atoms with Crippen molar-refractivity contribution in [2.45, 2.75) is 45.6 Å². The zero-order valence-electron chi connectivity index (χ0n) is 15.6. The lowest BCUT2D eigenvalue weighted by atomic mass is 9.79. The molecule has 0 saturated carbocycles. The zero-order chi connectivity index (χ0) is 19.5. The maximum absolute atomic E-state index is 12.9. The van der Waals surface area contributed by atoms with Gasteiger partial charge in [0.1, 0.15) is 11.3 Å². The third kappa shape index (κ3) is 5.05. The van der Waals surface area contributed by atoms with Gasteiger partial charge < -0.3 is 4.74 Å². The van der Waals surface area contributed by atoms with E-state index in [1.807, 2.05) is 26.0 Å². The Morgan fingerprint density at radius 1 is 1.00 bits per heavy atom. The Balaban J connectivity index is 2.13. The Bertz CT molecular complexity index is 791. The number of amides is 1. The van der Waals surface area contributed by atoms with E-state index in [0.717, 1.165) is 5.56 Å². The predicted molar refractivity (Wildman–Crippen MR) is 103 cm³/mol. The quantitative estimate of drug-likeness (QED) is 0.743. The van der Waals surface area contributed by atoms with Gasteiger partial charge in [-0.3, -0.25) is 15.1 Å². The smallest absolute Gasteiger partial charge is 0.412 e. The second-order valence-corrected chi connectivity index (χ2v) is 7.96. The highest BCUT2D eigenvalue weighted by atomic mass is 35.5. The molecule has 1 aromatic carbocycles. The first-order valence-corrected chi connectivity index (χ1v) is 8.64. The van der Waals surface area contributed by atoms with Crippen LogP contribution in [-0.2, 0) is 10.2 Å². The molecule has 0 atom stereocenters. The van der Waals surface area contributed by atoms with Crippen molar-refractivity contribution in [1.29, 1.82) is 0 Å². The van der Waals surface area contributed by atoms with E-state index >= 15 is 0 Å². The minimum Gasteiger partial charge on any atom is -0.444 e. The van der Waals surface area contributed by atoms with Gasteiger partial charge in [0.05, 0.1) is 17.3 Å². The van der Waals surface area contributed by atoms with Crippen molar-refractivity contribution in [3.8, 4) is 0 Å². The fraction of sp³-hybridized carbons (Fsp3) is 0.350. The van der Waals surface area contributed by atoms with E-state index in [1.165, 1.54) is 6.20 Å². The summed E-state index contributed by atoms with van der Waals surface area (Å²) in [5.74, 6) is -0.122. The summed E-state index contributed by atoms with van der Waals surface area (Å²) in [6.45, 7) is 9.03. The van der Waals surface area contributed by atoms with Crippen LogP contribution in [0.5, 0.6) is 0 Å². The standard InChI is InChI=1S/C20H23ClN2O3/c1-19(2,3)26-18(25)23-15-10-11-16(22-12-15)17(24)20(4,5)13-6-8-14(21)9-7-13/h6-12H,1-5H3,(H,23,25). The molecule has 0 fully saturated rings. The number of halogens is 1. The number of nitrogens with one attached hydrogen (secondary N) is 1. The fourth-order valence-electron chi connectivity index (χ4n) is 2.34. The van der Waals surface area contributed by atoms with Gasteiger partial charge in [-0.25, -0.2) is 4.79 Å². The normalized spacial score (nSPS) is 11.8. The minimum absolute atomic E-state index is 0.122. The van der Waals surface area contributed by atoms with Crippen molar-refractivity contribution in [3.05, 3.63) is 58.9 Å². The number of benzene rings is 1. The summed E-state index contributed by atoms with van der Waals surface area (Å²) in [7, 11) is 0. The molecular formula is C20H23ClN2O3. The van der Waals surface area contributed by atoms with Gasteiger partial charge in [-0.15, -0.1) is 0 Å². The van der Waals surface area contributed by atoms with E-state index in [9.17, 15) is 9.59 Å². The molecule has 0 bridgehead atoms. The topological polar surface area (TPSA) is 68.3 Å². The van der Waals surface area contributed by atoms with E-state index in [0.29, 0.717) is 16.4 Å². The number of ketones is 1. The summed E-state index contributed by atoms with van der Waals surface area (Å²) >= 11 is 5.92. The molecule has 0 aliphatic heterocycles. The summed E-state index contributed by atoms with van der Waals surface area (Å²) < 4.78 is 5.19. The first-order valence-electron chi connectivity index (χ1n) is 8.26. The number of aromatic nitrogens is 1. The van der Waals surface area contributed by atoms with Gasteiger partial charge in [0, 0.05) is 5.02 Å². The van der Waals surface area contributed by atoms with Crippen LogP contribution < -0.4 is 5.32 Å². The molecule has 1 aromatic heterocycles. The maximum Gasteiger partial charge on any atom is 0.412 e. The lowest BCUT2D eigenvalue weighted by Crippen LogP contribution is -2.30. The summed E-state index contributed by atoms with van der Waals surface area (Å²) in [4.78, 5) is 28.8. The Hall–Kier alpha value is -2.40. The molecule has 1 amide bonds. The Labute approximate surface area is 158 Å². The lowest BCUT2D eigenvalue weighted by molar-refractivity contribution is 0.0635. The van der Waals surface area contributed by atoms with E-state index in [4.69, 9.17) is 16.3 Å². The molecule has 1 heterocycles. The molecule has 0 radical (unpaired) electrons. The Morgan fingerprint density at radius 2 is 1.62 bits per heavy atom. The minimum atomic E-state index is -0.752. The van der Waals surface area contributed by atoms with Crippen LogP contribution in [0.2, 0.25) is 5.02 Å². The molecule has 0 saturated heterocycles. The molecule has 26 heavy (non-hydrogen) atoms. The number of carbonyl (C=O) groups excluding carboxylic acids is 2. The van der Waals surface area contributed by atoms with Crippen molar-refractivity contribution in [3.63, 3.8) is 0 Å². The molecule has 5 nitrogen and oxygen atoms in total. The van der Waals surface area contributed by atoms with E-state index in [1.54, 1.807) is 45.0 Å². The van der Waals surface area contributed by atoms with Crippen molar-refractivity contribution < 1.29 is 14.3 Å². The summed E-state index contributed by atoms with van der Waals surface area (Å²) in [6.07, 6.45) is 0.870. The average molecular weight is 375 g/mol. The van der Waals surface area contributed by atoms with E-state index in [2.05, 4.69) is 10.3 Å². The SMILES string of the molecule is CC(C)(C)OC(=O)Nc1ccc(C(=O)C(C)(C)c2ccc(Cl)cc2)nc1. The summed E-state index contributed by atoms with van der Waals surface area (Å²) in [5, 5.41) is 3.21. The second-order valence-electron chi connectivity index (χ2n) is 7.52. The van der Waals surface area contributed by atoms with Gasteiger partial charge >= 0.3 is 6.09 Å². The number of pyridine rings is 1. The number of nitrogens with zero attached hydrogens (tertiary/aromatic N) is 1. The number of rotatable bonds is 4. The highest BCUT2D eigenvalue weighted by Gasteiger charge is 2.31. The van der Waals surface area contributed by atoms with Crippen molar-refractivity contribution in [1.82, 2.24) is 4.98 Å². The van der Waals surface area contributed by atoms with Crippen molar-refractivity contribution in [2.75, 3.05) is 5.32 Å². The van der Waals surface area contributed by atoms with Crippen LogP contribution in [-0.4, -0.2) is 22.5 Å². The number of hydrogen-bond donors (Lipinski definition) is 1. The highest BCUT2D eigenvalue weighted by molar-refractivity contribution is 6.30. The van der Waals surface area contributed by atoms with Crippen LogP contribution in [0.4, 0.5) is 10.5 Å². The summed E-state index contributed by atoms with van der Waals surface area (Å²) in [5.41, 5.74) is 0.290. The van der Waals surface area contributed by atoms with Crippen LogP contribution in [0.15, 0.2) is 42.6 Å². The number of ether oxygens (including phenoxy) is 1. The number of anilines is 1. The predicted octanol–water partition coefficient (Wildman–Crippen LogP) is 5.24. The molecule has 0 spiro atoms. The van der Waals surface area contributed by atoms with Crippen LogP contribution in [0.1, 0.15) is 50.7 Å². The van der Waals surface area contributed by atoms with E-state index < -0.39 is 17.1 Å². The number of hydrogen-bond acceptors (Lipinski definition) is 4. The van der Waals surface area contributed by atoms with Crippen LogP contribution in [0, 0.1) is 0 Å². The van der Waals surface area contributed by atoms with Crippen LogP contribution in [0.25, 0.3) is 0 Å². The highest BCUT2D eigenvalue weighted by Crippen LogP contribution is 2.28. The molecule has 6 heteroatoms. The van der Waals surface area contributed by atoms with Crippen LogP contribution >= 0.6 is 11.6 Å².